The van der Waals surface area contributed by atoms with Gasteiger partial charge in [0.15, 0.2) is 6.10 Å². The van der Waals surface area contributed by atoms with Crippen LogP contribution in [-0.4, -0.2) is 18.7 Å². The number of esters is 1. The molecule has 0 spiro atoms. The van der Waals surface area contributed by atoms with Gasteiger partial charge in [-0.25, -0.2) is 4.79 Å². The predicted molar refractivity (Wildman–Crippen MR) is 51.4 cm³/mol. The molecule has 0 N–H and O–H groups in total. The molecule has 0 aromatic heterocycles. The Bertz CT molecular complexity index is 344. The molecular formula is C10H9ClCsFO3. The molecule has 1 aliphatic heterocycles. The van der Waals surface area contributed by atoms with E-state index in [0.29, 0.717) is 23.8 Å². The number of carbonyl (C=O) groups is 1. The molecule has 3 nitrogen and oxygen atoms in total. The van der Waals surface area contributed by atoms with Gasteiger partial charge in [-0.2, -0.15) is 0 Å². The molecule has 0 radical (unpaired) electrons. The van der Waals surface area contributed by atoms with Gasteiger partial charge < -0.3 is 14.2 Å². The van der Waals surface area contributed by atoms with Crippen LogP contribution < -0.4 is 78.3 Å². The van der Waals surface area contributed by atoms with Crippen molar-refractivity contribution in [3.05, 3.63) is 29.3 Å². The molecule has 1 unspecified atom stereocenters. The number of halogens is 2. The quantitative estimate of drug-likeness (QED) is 0.503. The Morgan fingerprint density at radius 3 is 2.44 bits per heavy atom. The number of benzene rings is 1. The molecule has 0 aliphatic carbocycles. The van der Waals surface area contributed by atoms with Crippen LogP contribution in [0.4, 0.5) is 0 Å². The summed E-state index contributed by atoms with van der Waals surface area (Å²) < 4.78 is 10.2. The molecule has 82 valence electrons. The van der Waals surface area contributed by atoms with Gasteiger partial charge in [-0.05, 0) is 24.3 Å². The average Bonchev–Trinajstić information content (AvgIpc) is 2.56. The fraction of sp³-hybridized carbons (Fsp3) is 0.300. The topological polar surface area (TPSA) is 35.5 Å². The second kappa shape index (κ2) is 7.97. The minimum absolute atomic E-state index is 0. The van der Waals surface area contributed by atoms with Crippen LogP contribution in [0.2, 0.25) is 5.02 Å². The Morgan fingerprint density at radius 2 is 1.94 bits per heavy atom. The maximum Gasteiger partial charge on any atom is 1.00 e. The van der Waals surface area contributed by atoms with Crippen LogP contribution in [0.25, 0.3) is 0 Å². The molecule has 1 aromatic carbocycles. The van der Waals surface area contributed by atoms with Crippen LogP contribution in [0.1, 0.15) is 6.42 Å². The van der Waals surface area contributed by atoms with Crippen LogP contribution in [0, 0.1) is 0 Å². The second-order valence-electron chi connectivity index (χ2n) is 3.02. The van der Waals surface area contributed by atoms with Crippen LogP contribution in [0.15, 0.2) is 24.3 Å². The predicted octanol–water partition coefficient (Wildman–Crippen LogP) is -3.96. The molecule has 0 amide bonds. The third-order valence-electron chi connectivity index (χ3n) is 1.98. The number of carbonyl (C=O) groups excluding carboxylic acids is 1. The summed E-state index contributed by atoms with van der Waals surface area (Å²) in [6.45, 7) is 0.442. The summed E-state index contributed by atoms with van der Waals surface area (Å²) in [5, 5.41) is 0.645. The largest absolute Gasteiger partial charge is 1.00 e. The summed E-state index contributed by atoms with van der Waals surface area (Å²) in [6.07, 6.45) is 0.151. The molecule has 1 aliphatic rings. The van der Waals surface area contributed by atoms with Crippen molar-refractivity contribution in [2.45, 2.75) is 12.5 Å². The Kier molecular flexibility index (Phi) is 8.35. The standard InChI is InChI=1S/C10H9ClO3.Cs.FH/c11-7-1-3-8(4-2-7)14-9-5-6-13-10(9)12;;/h1-4,9H,5-6H2;;1H/q;+1;/p-1. The van der Waals surface area contributed by atoms with Gasteiger partial charge in [0.2, 0.25) is 0 Å². The van der Waals surface area contributed by atoms with Crippen molar-refractivity contribution in [2.24, 2.45) is 0 Å². The van der Waals surface area contributed by atoms with Crippen LogP contribution in [0.3, 0.4) is 0 Å². The van der Waals surface area contributed by atoms with Crippen LogP contribution in [0.5, 0.6) is 5.75 Å². The van der Waals surface area contributed by atoms with Crippen molar-refractivity contribution in [2.75, 3.05) is 6.61 Å². The van der Waals surface area contributed by atoms with E-state index < -0.39 is 6.10 Å². The Morgan fingerprint density at radius 1 is 1.31 bits per heavy atom. The van der Waals surface area contributed by atoms with Crippen molar-refractivity contribution < 1.29 is 87.9 Å². The Balaban J connectivity index is 0.00000112. The second-order valence-corrected chi connectivity index (χ2v) is 3.45. The third kappa shape index (κ3) is 4.56. The van der Waals surface area contributed by atoms with Crippen LogP contribution in [-0.2, 0) is 9.53 Å². The van der Waals surface area contributed by atoms with Gasteiger partial charge in [-0.15, -0.1) is 0 Å². The average molecular weight is 365 g/mol. The molecule has 1 heterocycles. The first-order chi connectivity index (χ1) is 6.75. The molecule has 0 bridgehead atoms. The third-order valence-corrected chi connectivity index (χ3v) is 2.23. The SMILES string of the molecule is O=C1OCCC1Oc1ccc(Cl)cc1.[Cs+].[F-]. The first-order valence-electron chi connectivity index (χ1n) is 4.34. The van der Waals surface area contributed by atoms with E-state index in [9.17, 15) is 4.79 Å². The molecular weight excluding hydrogens is 355 g/mol. The molecule has 2 rings (SSSR count). The number of ether oxygens (including phenoxy) is 2. The zero-order valence-corrected chi connectivity index (χ0v) is 15.8. The first-order valence-corrected chi connectivity index (χ1v) is 4.72. The van der Waals surface area contributed by atoms with Crippen molar-refractivity contribution in [1.29, 1.82) is 0 Å². The normalized spacial score (nSPS) is 18.1. The van der Waals surface area contributed by atoms with Crippen molar-refractivity contribution in [3.63, 3.8) is 0 Å². The van der Waals surface area contributed by atoms with E-state index in [4.69, 9.17) is 21.1 Å². The maximum absolute atomic E-state index is 11.1. The summed E-state index contributed by atoms with van der Waals surface area (Å²) in [7, 11) is 0. The first kappa shape index (κ1) is 16.8. The Labute approximate surface area is 157 Å². The number of rotatable bonds is 2. The number of hydrogen-bond acceptors (Lipinski definition) is 3. The van der Waals surface area contributed by atoms with E-state index in [0.717, 1.165) is 0 Å². The molecule has 1 atom stereocenters. The van der Waals surface area contributed by atoms with E-state index >= 15 is 0 Å². The van der Waals surface area contributed by atoms with E-state index in [1.807, 2.05) is 0 Å². The van der Waals surface area contributed by atoms with Gasteiger partial charge >= 0.3 is 74.9 Å². The van der Waals surface area contributed by atoms with Gasteiger partial charge in [0.25, 0.3) is 0 Å². The van der Waals surface area contributed by atoms with Gasteiger partial charge in [-0.3, -0.25) is 0 Å². The van der Waals surface area contributed by atoms with E-state index in [1.54, 1.807) is 24.3 Å². The van der Waals surface area contributed by atoms with E-state index in [-0.39, 0.29) is 79.6 Å². The molecule has 1 aromatic rings. The fourth-order valence-electron chi connectivity index (χ4n) is 1.26. The smallest absolute Gasteiger partial charge is 1.00 e. The van der Waals surface area contributed by atoms with Crippen molar-refractivity contribution >= 4 is 17.6 Å². The zero-order valence-electron chi connectivity index (χ0n) is 8.78. The van der Waals surface area contributed by atoms with Gasteiger partial charge in [0.05, 0.1) is 6.61 Å². The monoisotopic (exact) mass is 364 g/mol. The summed E-state index contributed by atoms with van der Waals surface area (Å²) >= 11 is 5.71. The minimum Gasteiger partial charge on any atom is -1.00 e. The summed E-state index contributed by atoms with van der Waals surface area (Å²) in [5.41, 5.74) is 0. The van der Waals surface area contributed by atoms with Crippen LogP contribution >= 0.6 is 11.6 Å². The van der Waals surface area contributed by atoms with Gasteiger partial charge in [-0.1, -0.05) is 11.6 Å². The minimum atomic E-state index is -0.462. The molecule has 16 heavy (non-hydrogen) atoms. The maximum atomic E-state index is 11.1. The summed E-state index contributed by atoms with van der Waals surface area (Å²) in [6, 6.07) is 6.90. The molecule has 0 saturated carbocycles. The van der Waals surface area contributed by atoms with E-state index in [1.165, 1.54) is 0 Å². The van der Waals surface area contributed by atoms with Crippen molar-refractivity contribution in [3.8, 4) is 5.75 Å². The Hall–Kier alpha value is 0.762. The number of hydrogen-bond donors (Lipinski definition) is 0. The van der Waals surface area contributed by atoms with Gasteiger partial charge in [0.1, 0.15) is 5.75 Å². The number of cyclic esters (lactones) is 1. The fourth-order valence-corrected chi connectivity index (χ4v) is 1.39. The summed E-state index contributed by atoms with van der Waals surface area (Å²) in [4.78, 5) is 11.1. The molecule has 1 fully saturated rings. The zero-order chi connectivity index (χ0) is 9.97. The molecule has 1 saturated heterocycles. The summed E-state index contributed by atoms with van der Waals surface area (Å²) in [5.74, 6) is 0.346. The van der Waals surface area contributed by atoms with Crippen molar-refractivity contribution in [1.82, 2.24) is 0 Å². The van der Waals surface area contributed by atoms with Gasteiger partial charge in [0, 0.05) is 11.4 Å². The molecule has 6 heteroatoms. The van der Waals surface area contributed by atoms with E-state index in [2.05, 4.69) is 0 Å².